The van der Waals surface area contributed by atoms with Gasteiger partial charge in [-0.2, -0.15) is 0 Å². The predicted octanol–water partition coefficient (Wildman–Crippen LogP) is 3.44. The van der Waals surface area contributed by atoms with Gasteiger partial charge in [0.25, 0.3) is 0 Å². The molecule has 0 saturated carbocycles. The van der Waals surface area contributed by atoms with Crippen LogP contribution in [-0.4, -0.2) is 5.16 Å². The molecule has 0 atom stereocenters. The molecule has 0 saturated heterocycles. The molecule has 2 aromatic heterocycles. The first-order chi connectivity index (χ1) is 6.29. The lowest BCUT2D eigenvalue weighted by Gasteiger charge is -1.84. The highest BCUT2D eigenvalue weighted by atomic mass is 79.9. The summed E-state index contributed by atoms with van der Waals surface area (Å²) in [5, 5.41) is 3.74. The molecule has 5 heteroatoms. The van der Waals surface area contributed by atoms with E-state index in [-0.39, 0.29) is 0 Å². The predicted molar refractivity (Wildman–Crippen MR) is 51.5 cm³/mol. The minimum absolute atomic E-state index is 0.339. The molecule has 0 aromatic carbocycles. The molecule has 0 bridgehead atoms. The van der Waals surface area contributed by atoms with Gasteiger partial charge in [-0.15, -0.1) is 11.6 Å². The quantitative estimate of drug-likeness (QED) is 0.778. The summed E-state index contributed by atoms with van der Waals surface area (Å²) in [5.41, 5.74) is 0.698. The van der Waals surface area contributed by atoms with Crippen molar-refractivity contribution in [2.75, 3.05) is 0 Å². The second kappa shape index (κ2) is 3.55. The average Bonchev–Trinajstić information content (AvgIpc) is 2.71. The second-order valence-corrected chi connectivity index (χ2v) is 3.47. The van der Waals surface area contributed by atoms with Crippen LogP contribution >= 0.6 is 27.5 Å². The zero-order valence-electron chi connectivity index (χ0n) is 6.46. The number of rotatable bonds is 2. The van der Waals surface area contributed by atoms with Crippen molar-refractivity contribution >= 4 is 27.5 Å². The number of halogens is 2. The molecular formula is C8H5BrClNO2. The molecular weight excluding hydrogens is 257 g/mol. The van der Waals surface area contributed by atoms with Crippen molar-refractivity contribution in [2.24, 2.45) is 0 Å². The lowest BCUT2D eigenvalue weighted by atomic mass is 10.3. The van der Waals surface area contributed by atoms with E-state index >= 15 is 0 Å². The maximum Gasteiger partial charge on any atom is 0.202 e. The zero-order chi connectivity index (χ0) is 9.26. The molecule has 0 fully saturated rings. The Labute approximate surface area is 87.8 Å². The lowest BCUT2D eigenvalue weighted by Crippen LogP contribution is -1.70. The Bertz CT molecular complexity index is 410. The van der Waals surface area contributed by atoms with Crippen LogP contribution in [0, 0.1) is 0 Å². The van der Waals surface area contributed by atoms with Crippen LogP contribution in [0.2, 0.25) is 0 Å². The molecule has 3 nitrogen and oxygen atoms in total. The lowest BCUT2D eigenvalue weighted by molar-refractivity contribution is 0.411. The van der Waals surface area contributed by atoms with Gasteiger partial charge in [-0.1, -0.05) is 5.16 Å². The Kier molecular flexibility index (Phi) is 2.42. The monoisotopic (exact) mass is 261 g/mol. The van der Waals surface area contributed by atoms with Gasteiger partial charge in [0.2, 0.25) is 5.76 Å². The van der Waals surface area contributed by atoms with Crippen LogP contribution < -0.4 is 0 Å². The third kappa shape index (κ3) is 1.78. The minimum atomic E-state index is 0.339. The summed E-state index contributed by atoms with van der Waals surface area (Å²) in [4.78, 5) is 0. The first kappa shape index (κ1) is 8.84. The smallest absolute Gasteiger partial charge is 0.202 e. The summed E-state index contributed by atoms with van der Waals surface area (Å²) in [6, 6.07) is 5.33. The third-order valence-corrected chi connectivity index (χ3v) is 2.21. The van der Waals surface area contributed by atoms with Crippen LogP contribution in [0.4, 0.5) is 0 Å². The molecule has 0 amide bonds. The molecule has 0 aliphatic rings. The van der Waals surface area contributed by atoms with Gasteiger partial charge in [-0.05, 0) is 28.1 Å². The number of hydrogen-bond acceptors (Lipinski definition) is 3. The van der Waals surface area contributed by atoms with Crippen LogP contribution in [0.3, 0.4) is 0 Å². The summed E-state index contributed by atoms with van der Waals surface area (Å²) < 4.78 is 10.9. The topological polar surface area (TPSA) is 39.2 Å². The van der Waals surface area contributed by atoms with Gasteiger partial charge in [-0.25, -0.2) is 0 Å². The van der Waals surface area contributed by atoms with E-state index in [1.165, 1.54) is 0 Å². The van der Waals surface area contributed by atoms with E-state index in [2.05, 4.69) is 21.1 Å². The summed E-state index contributed by atoms with van der Waals surface area (Å²) in [5.74, 6) is 1.56. The molecule has 0 radical (unpaired) electrons. The van der Waals surface area contributed by atoms with Gasteiger partial charge < -0.3 is 8.94 Å². The highest BCUT2D eigenvalue weighted by Crippen LogP contribution is 2.25. The maximum atomic E-state index is 5.57. The van der Waals surface area contributed by atoms with Gasteiger partial charge in [0.1, 0.15) is 0 Å². The first-order valence-electron chi connectivity index (χ1n) is 3.57. The van der Waals surface area contributed by atoms with Crippen molar-refractivity contribution in [1.29, 1.82) is 0 Å². The summed E-state index contributed by atoms with van der Waals surface area (Å²) in [7, 11) is 0. The SMILES string of the molecule is ClCc1cc(-c2ccc(Br)o2)on1. The normalized spacial score (nSPS) is 10.6. The van der Waals surface area contributed by atoms with Crippen molar-refractivity contribution in [3.63, 3.8) is 0 Å². The van der Waals surface area contributed by atoms with Gasteiger partial charge in [-0.3, -0.25) is 0 Å². The van der Waals surface area contributed by atoms with E-state index in [0.717, 1.165) is 0 Å². The molecule has 0 aliphatic heterocycles. The number of hydrogen-bond donors (Lipinski definition) is 0. The molecule has 0 spiro atoms. The van der Waals surface area contributed by atoms with Gasteiger partial charge >= 0.3 is 0 Å². The van der Waals surface area contributed by atoms with Crippen molar-refractivity contribution in [1.82, 2.24) is 5.16 Å². The fourth-order valence-corrected chi connectivity index (χ4v) is 1.37. The van der Waals surface area contributed by atoms with Gasteiger partial charge in [0.15, 0.2) is 10.4 Å². The van der Waals surface area contributed by atoms with Crippen molar-refractivity contribution in [2.45, 2.75) is 5.88 Å². The highest BCUT2D eigenvalue weighted by molar-refractivity contribution is 9.10. The van der Waals surface area contributed by atoms with E-state index in [4.69, 9.17) is 20.5 Å². The van der Waals surface area contributed by atoms with Crippen LogP contribution in [0.5, 0.6) is 0 Å². The number of furan rings is 1. The Morgan fingerprint density at radius 3 is 2.77 bits per heavy atom. The molecule has 68 valence electrons. The fraction of sp³-hybridized carbons (Fsp3) is 0.125. The van der Waals surface area contributed by atoms with E-state index in [1.807, 2.05) is 0 Å². The number of aromatic nitrogens is 1. The standard InChI is InChI=1S/C8H5BrClNO2/c9-8-2-1-6(12-8)7-3-5(4-10)11-13-7/h1-3H,4H2. The molecule has 0 aliphatic carbocycles. The Morgan fingerprint density at radius 1 is 1.38 bits per heavy atom. The molecule has 2 aromatic rings. The average molecular weight is 262 g/mol. The third-order valence-electron chi connectivity index (χ3n) is 1.51. The summed E-state index contributed by atoms with van der Waals surface area (Å²) in [6.07, 6.45) is 0. The van der Waals surface area contributed by atoms with Gasteiger partial charge in [0, 0.05) is 6.07 Å². The van der Waals surface area contributed by atoms with Crippen molar-refractivity contribution in [3.05, 3.63) is 28.6 Å². The van der Waals surface area contributed by atoms with E-state index in [1.54, 1.807) is 18.2 Å². The molecule has 2 heterocycles. The fourth-order valence-electron chi connectivity index (χ4n) is 0.938. The molecule has 2 rings (SSSR count). The van der Waals surface area contributed by atoms with Crippen LogP contribution in [0.15, 0.2) is 31.8 Å². The van der Waals surface area contributed by atoms with Gasteiger partial charge in [0.05, 0.1) is 11.6 Å². The first-order valence-corrected chi connectivity index (χ1v) is 4.89. The van der Waals surface area contributed by atoms with Crippen molar-refractivity contribution < 1.29 is 8.94 Å². The number of alkyl halides is 1. The zero-order valence-corrected chi connectivity index (χ0v) is 8.80. The Morgan fingerprint density at radius 2 is 2.23 bits per heavy atom. The molecule has 0 unspecified atom stereocenters. The largest absolute Gasteiger partial charge is 0.446 e. The van der Waals surface area contributed by atoms with Crippen LogP contribution in [-0.2, 0) is 5.88 Å². The summed E-state index contributed by atoms with van der Waals surface area (Å²) >= 11 is 8.77. The van der Waals surface area contributed by atoms with Crippen LogP contribution in [0.25, 0.3) is 11.5 Å². The summed E-state index contributed by atoms with van der Waals surface area (Å²) in [6.45, 7) is 0. The van der Waals surface area contributed by atoms with Crippen LogP contribution in [0.1, 0.15) is 5.69 Å². The molecule has 0 N–H and O–H groups in total. The van der Waals surface area contributed by atoms with E-state index < -0.39 is 0 Å². The molecule has 13 heavy (non-hydrogen) atoms. The Hall–Kier alpha value is -0.740. The second-order valence-electron chi connectivity index (χ2n) is 2.42. The minimum Gasteiger partial charge on any atom is -0.446 e. The van der Waals surface area contributed by atoms with E-state index in [9.17, 15) is 0 Å². The number of nitrogens with zero attached hydrogens (tertiary/aromatic N) is 1. The van der Waals surface area contributed by atoms with Crippen molar-refractivity contribution in [3.8, 4) is 11.5 Å². The maximum absolute atomic E-state index is 5.57. The van der Waals surface area contributed by atoms with E-state index in [0.29, 0.717) is 27.8 Å². The Balaban J connectivity index is 2.35. The highest BCUT2D eigenvalue weighted by Gasteiger charge is 2.09.